The van der Waals surface area contributed by atoms with Crippen LogP contribution in [0.25, 0.3) is 0 Å². The van der Waals surface area contributed by atoms with Crippen molar-refractivity contribution < 1.29 is 14.7 Å². The summed E-state index contributed by atoms with van der Waals surface area (Å²) >= 11 is 11.5. The Morgan fingerprint density at radius 1 is 1.35 bits per heavy atom. The predicted octanol–water partition coefficient (Wildman–Crippen LogP) is 2.83. The SMILES string of the molecule is CCNC(=O)Nc1c(Cl)cc(Cl)cc1C(=O)O. The zero-order valence-electron chi connectivity index (χ0n) is 8.88. The normalized spacial score (nSPS) is 9.82. The number of carbonyl (C=O) groups excluding carboxylic acids is 1. The Balaban J connectivity index is 3.12. The number of rotatable bonds is 3. The number of hydrogen-bond donors (Lipinski definition) is 3. The van der Waals surface area contributed by atoms with E-state index in [0.29, 0.717) is 6.54 Å². The number of urea groups is 1. The van der Waals surface area contributed by atoms with Crippen molar-refractivity contribution >= 4 is 40.9 Å². The number of carbonyl (C=O) groups is 2. The molecule has 0 heterocycles. The highest BCUT2D eigenvalue weighted by Crippen LogP contribution is 2.30. The molecule has 0 aliphatic rings. The first-order chi connectivity index (χ1) is 7.95. The number of hydrogen-bond acceptors (Lipinski definition) is 2. The second kappa shape index (κ2) is 5.75. The van der Waals surface area contributed by atoms with Gasteiger partial charge in [0.2, 0.25) is 0 Å². The van der Waals surface area contributed by atoms with Gasteiger partial charge in [-0.2, -0.15) is 0 Å². The molecule has 0 radical (unpaired) electrons. The molecule has 0 aromatic heterocycles. The zero-order chi connectivity index (χ0) is 13.0. The first-order valence-electron chi connectivity index (χ1n) is 4.73. The molecule has 0 fully saturated rings. The lowest BCUT2D eigenvalue weighted by molar-refractivity contribution is 0.0698. The van der Waals surface area contributed by atoms with Gasteiger partial charge in [-0.25, -0.2) is 9.59 Å². The Morgan fingerprint density at radius 3 is 2.53 bits per heavy atom. The number of amides is 2. The highest BCUT2D eigenvalue weighted by Gasteiger charge is 2.16. The van der Waals surface area contributed by atoms with Gasteiger partial charge in [-0.15, -0.1) is 0 Å². The van der Waals surface area contributed by atoms with E-state index in [1.807, 2.05) is 0 Å². The van der Waals surface area contributed by atoms with E-state index >= 15 is 0 Å². The van der Waals surface area contributed by atoms with Crippen LogP contribution in [0.1, 0.15) is 17.3 Å². The molecule has 0 aliphatic heterocycles. The van der Waals surface area contributed by atoms with Crippen LogP contribution in [0.2, 0.25) is 10.0 Å². The molecule has 0 spiro atoms. The van der Waals surface area contributed by atoms with Crippen molar-refractivity contribution in [3.05, 3.63) is 27.7 Å². The van der Waals surface area contributed by atoms with Crippen molar-refractivity contribution in [3.63, 3.8) is 0 Å². The Morgan fingerprint density at radius 2 is 2.00 bits per heavy atom. The highest BCUT2D eigenvalue weighted by molar-refractivity contribution is 6.37. The number of benzene rings is 1. The number of anilines is 1. The van der Waals surface area contributed by atoms with Gasteiger partial charge in [-0.05, 0) is 19.1 Å². The van der Waals surface area contributed by atoms with Gasteiger partial charge < -0.3 is 15.7 Å². The van der Waals surface area contributed by atoms with Gasteiger partial charge in [-0.3, -0.25) is 0 Å². The lowest BCUT2D eigenvalue weighted by Gasteiger charge is -2.11. The Hall–Kier alpha value is -1.46. The summed E-state index contributed by atoms with van der Waals surface area (Å²) in [7, 11) is 0. The van der Waals surface area contributed by atoms with Crippen LogP contribution in [-0.2, 0) is 0 Å². The van der Waals surface area contributed by atoms with Crippen LogP contribution in [0.4, 0.5) is 10.5 Å². The summed E-state index contributed by atoms with van der Waals surface area (Å²) < 4.78 is 0. The molecule has 0 unspecified atom stereocenters. The van der Waals surface area contributed by atoms with Gasteiger partial charge in [0.05, 0.1) is 16.3 Å². The lowest BCUT2D eigenvalue weighted by atomic mass is 10.2. The van der Waals surface area contributed by atoms with Gasteiger partial charge in [0.15, 0.2) is 0 Å². The van der Waals surface area contributed by atoms with E-state index in [1.54, 1.807) is 6.92 Å². The maximum Gasteiger partial charge on any atom is 0.337 e. The van der Waals surface area contributed by atoms with Crippen molar-refractivity contribution in [1.82, 2.24) is 5.32 Å². The van der Waals surface area contributed by atoms with Crippen LogP contribution in [0.5, 0.6) is 0 Å². The smallest absolute Gasteiger partial charge is 0.337 e. The van der Waals surface area contributed by atoms with Gasteiger partial charge in [0.1, 0.15) is 0 Å². The van der Waals surface area contributed by atoms with E-state index in [0.717, 1.165) is 0 Å². The van der Waals surface area contributed by atoms with Crippen LogP contribution in [0.3, 0.4) is 0 Å². The topological polar surface area (TPSA) is 78.4 Å². The first kappa shape index (κ1) is 13.6. The van der Waals surface area contributed by atoms with E-state index in [-0.39, 0.29) is 21.3 Å². The number of carboxylic acid groups (broad SMARTS) is 1. The molecule has 0 saturated carbocycles. The minimum absolute atomic E-state index is 0.0227. The number of nitrogens with one attached hydrogen (secondary N) is 2. The Bertz CT molecular complexity index is 463. The zero-order valence-corrected chi connectivity index (χ0v) is 10.4. The molecule has 0 aliphatic carbocycles. The molecule has 1 aromatic rings. The van der Waals surface area contributed by atoms with Crippen molar-refractivity contribution in [1.29, 1.82) is 0 Å². The molecule has 0 atom stereocenters. The Labute approximate surface area is 108 Å². The maximum atomic E-state index is 11.3. The standard InChI is InChI=1S/C10H10Cl2N2O3/c1-2-13-10(17)14-8-6(9(15)16)3-5(11)4-7(8)12/h3-4H,2H2,1H3,(H,15,16)(H2,13,14,17). The average molecular weight is 277 g/mol. The van der Waals surface area contributed by atoms with Crippen molar-refractivity contribution in [2.75, 3.05) is 11.9 Å². The van der Waals surface area contributed by atoms with Crippen LogP contribution < -0.4 is 10.6 Å². The van der Waals surface area contributed by atoms with E-state index in [2.05, 4.69) is 10.6 Å². The lowest BCUT2D eigenvalue weighted by Crippen LogP contribution is -2.29. The molecule has 5 nitrogen and oxygen atoms in total. The van der Waals surface area contributed by atoms with Crippen LogP contribution >= 0.6 is 23.2 Å². The molecule has 7 heteroatoms. The third-order valence-electron chi connectivity index (χ3n) is 1.86. The summed E-state index contributed by atoms with van der Waals surface area (Å²) in [4.78, 5) is 22.3. The second-order valence-electron chi connectivity index (χ2n) is 3.10. The summed E-state index contributed by atoms with van der Waals surface area (Å²) in [6.45, 7) is 2.15. The number of halogens is 2. The quantitative estimate of drug-likeness (QED) is 0.794. The van der Waals surface area contributed by atoms with Crippen molar-refractivity contribution in [2.45, 2.75) is 6.92 Å². The molecular formula is C10H10Cl2N2O3. The summed E-state index contributed by atoms with van der Waals surface area (Å²) in [5.41, 5.74) is -0.136. The van der Waals surface area contributed by atoms with Crippen LogP contribution in [-0.4, -0.2) is 23.7 Å². The first-order valence-corrected chi connectivity index (χ1v) is 5.48. The molecule has 0 saturated heterocycles. The maximum absolute atomic E-state index is 11.3. The molecule has 3 N–H and O–H groups in total. The minimum atomic E-state index is -1.22. The molecule has 1 rings (SSSR count). The molecular weight excluding hydrogens is 267 g/mol. The van der Waals surface area contributed by atoms with Crippen LogP contribution in [0.15, 0.2) is 12.1 Å². The third kappa shape index (κ3) is 3.51. The monoisotopic (exact) mass is 276 g/mol. The van der Waals surface area contributed by atoms with E-state index in [4.69, 9.17) is 28.3 Å². The Kier molecular flexibility index (Phi) is 4.60. The fourth-order valence-electron chi connectivity index (χ4n) is 1.19. The van der Waals surface area contributed by atoms with Gasteiger partial charge in [-0.1, -0.05) is 23.2 Å². The minimum Gasteiger partial charge on any atom is -0.478 e. The molecule has 17 heavy (non-hydrogen) atoms. The van der Waals surface area contributed by atoms with Crippen molar-refractivity contribution in [3.8, 4) is 0 Å². The van der Waals surface area contributed by atoms with E-state index in [9.17, 15) is 9.59 Å². The summed E-state index contributed by atoms with van der Waals surface area (Å²) in [5, 5.41) is 14.1. The third-order valence-corrected chi connectivity index (χ3v) is 2.38. The van der Waals surface area contributed by atoms with Crippen LogP contribution in [0, 0.1) is 0 Å². The fraction of sp³-hybridized carbons (Fsp3) is 0.200. The fourth-order valence-corrected chi connectivity index (χ4v) is 1.73. The van der Waals surface area contributed by atoms with Gasteiger partial charge >= 0.3 is 12.0 Å². The molecule has 92 valence electrons. The molecule has 0 bridgehead atoms. The molecule has 1 aromatic carbocycles. The summed E-state index contributed by atoms with van der Waals surface area (Å²) in [5.74, 6) is -1.22. The molecule has 2 amide bonds. The average Bonchev–Trinajstić information content (AvgIpc) is 2.21. The predicted molar refractivity (Wildman–Crippen MR) is 66.1 cm³/mol. The summed E-state index contributed by atoms with van der Waals surface area (Å²) in [6, 6.07) is 2.05. The number of carboxylic acids is 1. The van der Waals surface area contributed by atoms with Gasteiger partial charge in [0, 0.05) is 11.6 Å². The van der Waals surface area contributed by atoms with Gasteiger partial charge in [0.25, 0.3) is 0 Å². The number of aromatic carboxylic acids is 1. The van der Waals surface area contributed by atoms with E-state index < -0.39 is 12.0 Å². The van der Waals surface area contributed by atoms with Crippen molar-refractivity contribution in [2.24, 2.45) is 0 Å². The largest absolute Gasteiger partial charge is 0.478 e. The second-order valence-corrected chi connectivity index (χ2v) is 3.94. The summed E-state index contributed by atoms with van der Waals surface area (Å²) in [6.07, 6.45) is 0. The van der Waals surface area contributed by atoms with E-state index in [1.165, 1.54) is 12.1 Å². The highest BCUT2D eigenvalue weighted by atomic mass is 35.5.